The molecule has 1 heterocycles. The molecule has 4 heteroatoms. The van der Waals surface area contributed by atoms with E-state index in [2.05, 4.69) is 46.1 Å². The molecule has 0 aliphatic carbocycles. The molecule has 88 valence electrons. The van der Waals surface area contributed by atoms with Crippen LogP contribution in [0.3, 0.4) is 0 Å². The van der Waals surface area contributed by atoms with Crippen LogP contribution in [-0.4, -0.2) is 22.0 Å². The van der Waals surface area contributed by atoms with Gasteiger partial charge in [0.25, 0.3) is 0 Å². The van der Waals surface area contributed by atoms with E-state index in [1.807, 2.05) is 25.8 Å². The van der Waals surface area contributed by atoms with Crippen LogP contribution in [-0.2, 0) is 0 Å². The average molecular weight is 228 g/mol. The fraction of sp³-hybridized carbons (Fsp3) is 0.308. The Morgan fingerprint density at radius 2 is 1.35 bits per heavy atom. The number of benzene rings is 1. The van der Waals surface area contributed by atoms with Gasteiger partial charge in [-0.3, -0.25) is 0 Å². The van der Waals surface area contributed by atoms with Gasteiger partial charge in [0.2, 0.25) is 5.95 Å². The zero-order valence-electron chi connectivity index (χ0n) is 10.6. The Morgan fingerprint density at radius 1 is 0.824 bits per heavy atom. The second-order valence-corrected chi connectivity index (χ2v) is 4.12. The molecule has 0 aliphatic rings. The molecule has 0 saturated carbocycles. The average Bonchev–Trinajstić information content (AvgIpc) is 2.28. The molecule has 0 N–H and O–H groups in total. The van der Waals surface area contributed by atoms with Crippen molar-refractivity contribution in [3.05, 3.63) is 41.5 Å². The van der Waals surface area contributed by atoms with Crippen LogP contribution in [0.5, 0.6) is 0 Å². The maximum Gasteiger partial charge on any atom is 0.233 e. The molecular weight excluding hydrogens is 212 g/mol. The number of aromatic nitrogens is 3. The van der Waals surface area contributed by atoms with Crippen molar-refractivity contribution in [2.75, 3.05) is 11.9 Å². The topological polar surface area (TPSA) is 41.9 Å². The first-order valence-electron chi connectivity index (χ1n) is 5.56. The number of hydrogen-bond acceptors (Lipinski definition) is 4. The zero-order valence-corrected chi connectivity index (χ0v) is 10.6. The third-order valence-electron chi connectivity index (χ3n) is 2.57. The Hall–Kier alpha value is -1.97. The molecular formula is C13H16N4. The van der Waals surface area contributed by atoms with E-state index in [9.17, 15) is 0 Å². The summed E-state index contributed by atoms with van der Waals surface area (Å²) in [5.41, 5.74) is 2.31. The Balaban J connectivity index is 2.36. The minimum Gasteiger partial charge on any atom is -0.314 e. The van der Waals surface area contributed by atoms with Gasteiger partial charge in [-0.1, -0.05) is 17.7 Å². The van der Waals surface area contributed by atoms with Gasteiger partial charge in [-0.25, -0.2) is 4.98 Å². The van der Waals surface area contributed by atoms with Gasteiger partial charge in [-0.15, -0.1) is 0 Å². The molecule has 0 amide bonds. The molecule has 2 aromatic rings. The highest BCUT2D eigenvalue weighted by molar-refractivity contribution is 5.56. The van der Waals surface area contributed by atoms with Crippen molar-refractivity contribution in [2.45, 2.75) is 20.8 Å². The van der Waals surface area contributed by atoms with E-state index in [1.165, 1.54) is 5.56 Å². The van der Waals surface area contributed by atoms with Gasteiger partial charge < -0.3 is 4.90 Å². The number of anilines is 2. The molecule has 1 aromatic carbocycles. The van der Waals surface area contributed by atoms with Crippen LogP contribution in [0.15, 0.2) is 24.3 Å². The lowest BCUT2D eigenvalue weighted by Crippen LogP contribution is -2.15. The van der Waals surface area contributed by atoms with Gasteiger partial charge in [-0.2, -0.15) is 9.97 Å². The lowest BCUT2D eigenvalue weighted by atomic mass is 10.2. The molecule has 0 saturated heterocycles. The second kappa shape index (κ2) is 4.49. The van der Waals surface area contributed by atoms with Gasteiger partial charge in [0, 0.05) is 12.7 Å². The van der Waals surface area contributed by atoms with Crippen LogP contribution >= 0.6 is 0 Å². The first kappa shape index (κ1) is 11.5. The quantitative estimate of drug-likeness (QED) is 0.792. The molecule has 1 aromatic heterocycles. The van der Waals surface area contributed by atoms with Crippen LogP contribution in [0.4, 0.5) is 11.6 Å². The first-order valence-corrected chi connectivity index (χ1v) is 5.56. The molecule has 0 radical (unpaired) electrons. The molecule has 4 nitrogen and oxygen atoms in total. The second-order valence-electron chi connectivity index (χ2n) is 4.12. The summed E-state index contributed by atoms with van der Waals surface area (Å²) < 4.78 is 0. The van der Waals surface area contributed by atoms with Crippen molar-refractivity contribution in [3.8, 4) is 0 Å². The number of nitrogens with zero attached hydrogens (tertiary/aromatic N) is 4. The van der Waals surface area contributed by atoms with Crippen molar-refractivity contribution in [3.63, 3.8) is 0 Å². The zero-order chi connectivity index (χ0) is 12.4. The van der Waals surface area contributed by atoms with Crippen LogP contribution in [0, 0.1) is 20.8 Å². The van der Waals surface area contributed by atoms with Crippen molar-refractivity contribution in [2.24, 2.45) is 0 Å². The Kier molecular flexibility index (Phi) is 3.04. The molecule has 0 atom stereocenters. The third kappa shape index (κ3) is 2.58. The summed E-state index contributed by atoms with van der Waals surface area (Å²) in [5, 5.41) is 0. The predicted molar refractivity (Wildman–Crippen MR) is 68.5 cm³/mol. The molecule has 0 aliphatic heterocycles. The Bertz CT molecular complexity index is 499. The van der Waals surface area contributed by atoms with Gasteiger partial charge in [0.05, 0.1) is 0 Å². The fourth-order valence-electron chi connectivity index (χ4n) is 1.63. The van der Waals surface area contributed by atoms with Crippen LogP contribution < -0.4 is 4.90 Å². The number of hydrogen-bond donors (Lipinski definition) is 0. The van der Waals surface area contributed by atoms with Gasteiger partial charge in [0.15, 0.2) is 0 Å². The van der Waals surface area contributed by atoms with E-state index >= 15 is 0 Å². The number of aryl methyl sites for hydroxylation is 3. The smallest absolute Gasteiger partial charge is 0.233 e. The van der Waals surface area contributed by atoms with Gasteiger partial charge >= 0.3 is 0 Å². The van der Waals surface area contributed by atoms with E-state index in [0.29, 0.717) is 5.95 Å². The molecule has 0 bridgehead atoms. The molecule has 0 spiro atoms. The largest absolute Gasteiger partial charge is 0.314 e. The van der Waals surface area contributed by atoms with E-state index in [-0.39, 0.29) is 0 Å². The number of rotatable bonds is 2. The standard InChI is InChI=1S/C13H16N4/c1-9-5-7-12(8-6-9)17(4)13-15-10(2)14-11(3)16-13/h5-8H,1-4H3. The van der Waals surface area contributed by atoms with Crippen molar-refractivity contribution < 1.29 is 0 Å². The minimum absolute atomic E-state index is 0.679. The fourth-order valence-corrected chi connectivity index (χ4v) is 1.63. The molecule has 0 unspecified atom stereocenters. The highest BCUT2D eigenvalue weighted by Gasteiger charge is 2.08. The van der Waals surface area contributed by atoms with E-state index in [1.54, 1.807) is 0 Å². The highest BCUT2D eigenvalue weighted by Crippen LogP contribution is 2.20. The van der Waals surface area contributed by atoms with E-state index < -0.39 is 0 Å². The first-order chi connectivity index (χ1) is 8.06. The van der Waals surface area contributed by atoms with Crippen molar-refractivity contribution in [1.82, 2.24) is 15.0 Å². The van der Waals surface area contributed by atoms with E-state index in [4.69, 9.17) is 0 Å². The third-order valence-corrected chi connectivity index (χ3v) is 2.57. The lowest BCUT2D eigenvalue weighted by molar-refractivity contribution is 0.895. The SMILES string of the molecule is Cc1ccc(N(C)c2nc(C)nc(C)n2)cc1. The summed E-state index contributed by atoms with van der Waals surface area (Å²) in [4.78, 5) is 14.8. The summed E-state index contributed by atoms with van der Waals surface area (Å²) in [6.07, 6.45) is 0. The Morgan fingerprint density at radius 3 is 1.88 bits per heavy atom. The highest BCUT2D eigenvalue weighted by atomic mass is 15.3. The van der Waals surface area contributed by atoms with Gasteiger partial charge in [0.1, 0.15) is 11.6 Å². The maximum atomic E-state index is 4.34. The monoisotopic (exact) mass is 228 g/mol. The summed E-state index contributed by atoms with van der Waals surface area (Å²) in [6, 6.07) is 8.27. The van der Waals surface area contributed by atoms with Crippen molar-refractivity contribution >= 4 is 11.6 Å². The normalized spacial score (nSPS) is 10.4. The molecule has 2 rings (SSSR count). The maximum absolute atomic E-state index is 4.34. The van der Waals surface area contributed by atoms with Crippen LogP contribution in [0.1, 0.15) is 17.2 Å². The van der Waals surface area contributed by atoms with Gasteiger partial charge in [-0.05, 0) is 32.9 Å². The molecule has 0 fully saturated rings. The Labute approximate surface area is 101 Å². The van der Waals surface area contributed by atoms with Crippen LogP contribution in [0.2, 0.25) is 0 Å². The lowest BCUT2D eigenvalue weighted by Gasteiger charge is -2.17. The summed E-state index contributed by atoms with van der Waals surface area (Å²) in [5.74, 6) is 2.16. The summed E-state index contributed by atoms with van der Waals surface area (Å²) in [7, 11) is 1.96. The minimum atomic E-state index is 0.679. The predicted octanol–water partition coefficient (Wildman–Crippen LogP) is 2.56. The molecule has 17 heavy (non-hydrogen) atoms. The van der Waals surface area contributed by atoms with Crippen LogP contribution in [0.25, 0.3) is 0 Å². The summed E-state index contributed by atoms with van der Waals surface area (Å²) >= 11 is 0. The van der Waals surface area contributed by atoms with E-state index in [0.717, 1.165) is 17.3 Å². The summed E-state index contributed by atoms with van der Waals surface area (Å²) in [6.45, 7) is 5.82. The van der Waals surface area contributed by atoms with Crippen molar-refractivity contribution in [1.29, 1.82) is 0 Å².